The number of carbonyl (C=O) groups is 1. The van der Waals surface area contributed by atoms with Gasteiger partial charge in [-0.3, -0.25) is 4.79 Å². The monoisotopic (exact) mass is 297 g/mol. The van der Waals surface area contributed by atoms with E-state index in [1.807, 2.05) is 0 Å². The molecule has 1 aliphatic rings. The van der Waals surface area contributed by atoms with Crippen molar-refractivity contribution in [3.63, 3.8) is 0 Å². The number of hydrogen-bond acceptors (Lipinski definition) is 3. The largest absolute Gasteiger partial charge is 0.352 e. The van der Waals surface area contributed by atoms with Gasteiger partial charge >= 0.3 is 0 Å². The lowest BCUT2D eigenvalue weighted by atomic mass is 9.89. The van der Waals surface area contributed by atoms with E-state index in [2.05, 4.69) is 31.4 Å². The van der Waals surface area contributed by atoms with Crippen molar-refractivity contribution in [2.45, 2.75) is 30.5 Å². The molecule has 92 valence electrons. The Bertz CT molecular complexity index is 371. The van der Waals surface area contributed by atoms with Gasteiger partial charge in [0.05, 0.1) is 18.0 Å². The summed E-state index contributed by atoms with van der Waals surface area (Å²) in [6.07, 6.45) is 7.87. The van der Waals surface area contributed by atoms with Gasteiger partial charge in [-0.05, 0) is 31.2 Å². The van der Waals surface area contributed by atoms with Crippen molar-refractivity contribution in [2.24, 2.45) is 5.92 Å². The van der Waals surface area contributed by atoms with Crippen LogP contribution in [0.15, 0.2) is 18.5 Å². The van der Waals surface area contributed by atoms with Crippen LogP contribution in [0.4, 0.5) is 0 Å². The van der Waals surface area contributed by atoms with Gasteiger partial charge in [-0.1, -0.05) is 22.4 Å². The second-order valence-corrected chi connectivity index (χ2v) is 5.77. The smallest absolute Gasteiger partial charge is 0.252 e. The van der Waals surface area contributed by atoms with E-state index in [0.717, 1.165) is 13.0 Å². The molecule has 0 spiro atoms. The van der Waals surface area contributed by atoms with Crippen molar-refractivity contribution in [1.82, 2.24) is 15.5 Å². The van der Waals surface area contributed by atoms with Gasteiger partial charge in [0.2, 0.25) is 0 Å². The average Bonchev–Trinajstić information content (AvgIpc) is 2.37. The SMILES string of the molecule is O=C(NCC1CCCC(Br)C1)c1ccnnc1. The number of alkyl halides is 1. The maximum absolute atomic E-state index is 11.8. The molecule has 1 saturated carbocycles. The third-order valence-electron chi connectivity index (χ3n) is 3.12. The highest BCUT2D eigenvalue weighted by molar-refractivity contribution is 9.09. The maximum atomic E-state index is 11.8. The molecular formula is C12H16BrN3O. The highest BCUT2D eigenvalue weighted by atomic mass is 79.9. The first-order chi connectivity index (χ1) is 8.25. The number of nitrogens with zero attached hydrogens (tertiary/aromatic N) is 2. The van der Waals surface area contributed by atoms with Gasteiger partial charge in [0, 0.05) is 11.4 Å². The minimum absolute atomic E-state index is 0.0587. The van der Waals surface area contributed by atoms with Gasteiger partial charge in [-0.15, -0.1) is 0 Å². The Morgan fingerprint density at radius 1 is 1.47 bits per heavy atom. The normalized spacial score (nSPS) is 24.3. The lowest BCUT2D eigenvalue weighted by Gasteiger charge is -2.25. The summed E-state index contributed by atoms with van der Waals surface area (Å²) in [6, 6.07) is 1.68. The minimum Gasteiger partial charge on any atom is -0.352 e. The number of rotatable bonds is 3. The molecule has 4 nitrogen and oxygen atoms in total. The summed E-state index contributed by atoms with van der Waals surface area (Å²) in [7, 11) is 0. The molecule has 1 aliphatic carbocycles. The molecule has 1 aromatic heterocycles. The molecule has 2 atom stereocenters. The van der Waals surface area contributed by atoms with Crippen molar-refractivity contribution in [2.75, 3.05) is 6.54 Å². The van der Waals surface area contributed by atoms with Crippen molar-refractivity contribution < 1.29 is 4.79 Å². The molecule has 0 saturated heterocycles. The summed E-state index contributed by atoms with van der Waals surface area (Å²) < 4.78 is 0. The molecule has 1 heterocycles. The Morgan fingerprint density at radius 3 is 3.06 bits per heavy atom. The first kappa shape index (κ1) is 12.5. The van der Waals surface area contributed by atoms with Crippen LogP contribution in [0.2, 0.25) is 0 Å². The highest BCUT2D eigenvalue weighted by Crippen LogP contribution is 2.28. The first-order valence-corrected chi connectivity index (χ1v) is 6.86. The van der Waals surface area contributed by atoms with E-state index in [9.17, 15) is 4.79 Å². The van der Waals surface area contributed by atoms with Gasteiger partial charge < -0.3 is 5.32 Å². The summed E-state index contributed by atoms with van der Waals surface area (Å²) >= 11 is 3.65. The third kappa shape index (κ3) is 3.77. The first-order valence-electron chi connectivity index (χ1n) is 5.94. The van der Waals surface area contributed by atoms with Crippen LogP contribution in [0.5, 0.6) is 0 Å². The minimum atomic E-state index is -0.0587. The fourth-order valence-corrected chi connectivity index (χ4v) is 3.03. The van der Waals surface area contributed by atoms with Gasteiger partial charge in [0.15, 0.2) is 0 Å². The Morgan fingerprint density at radius 2 is 2.35 bits per heavy atom. The molecule has 1 fully saturated rings. The summed E-state index contributed by atoms with van der Waals surface area (Å²) in [5.41, 5.74) is 0.575. The van der Waals surface area contributed by atoms with E-state index in [1.54, 1.807) is 6.07 Å². The highest BCUT2D eigenvalue weighted by Gasteiger charge is 2.20. The predicted molar refractivity (Wildman–Crippen MR) is 69.0 cm³/mol. The quantitative estimate of drug-likeness (QED) is 0.870. The summed E-state index contributed by atoms with van der Waals surface area (Å²) in [5, 5.41) is 10.3. The van der Waals surface area contributed by atoms with Gasteiger partial charge in [0.1, 0.15) is 0 Å². The summed E-state index contributed by atoms with van der Waals surface area (Å²) in [6.45, 7) is 0.753. The molecular weight excluding hydrogens is 282 g/mol. The lowest BCUT2D eigenvalue weighted by Crippen LogP contribution is -2.32. The molecule has 1 amide bonds. The molecule has 0 bridgehead atoms. The van der Waals surface area contributed by atoms with Crippen LogP contribution >= 0.6 is 15.9 Å². The molecule has 17 heavy (non-hydrogen) atoms. The number of aromatic nitrogens is 2. The van der Waals surface area contributed by atoms with Gasteiger partial charge in [0.25, 0.3) is 5.91 Å². The van der Waals surface area contributed by atoms with Crippen molar-refractivity contribution in [3.05, 3.63) is 24.0 Å². The molecule has 2 unspecified atom stereocenters. The van der Waals surface area contributed by atoms with E-state index in [0.29, 0.717) is 16.3 Å². The topological polar surface area (TPSA) is 54.9 Å². The molecule has 5 heteroatoms. The van der Waals surface area contributed by atoms with Crippen LogP contribution in [-0.4, -0.2) is 27.5 Å². The zero-order valence-electron chi connectivity index (χ0n) is 9.60. The molecule has 1 aromatic rings. The summed E-state index contributed by atoms with van der Waals surface area (Å²) in [5.74, 6) is 0.531. The van der Waals surface area contributed by atoms with E-state index in [4.69, 9.17) is 0 Å². The Balaban J connectivity index is 1.80. The fourth-order valence-electron chi connectivity index (χ4n) is 2.17. The molecule has 0 aromatic carbocycles. The second-order valence-electron chi connectivity index (χ2n) is 4.47. The van der Waals surface area contributed by atoms with Gasteiger partial charge in [-0.25, -0.2) is 0 Å². The van der Waals surface area contributed by atoms with Crippen LogP contribution in [0.1, 0.15) is 36.0 Å². The maximum Gasteiger partial charge on any atom is 0.252 e. The van der Waals surface area contributed by atoms with Crippen LogP contribution in [0, 0.1) is 5.92 Å². The van der Waals surface area contributed by atoms with Crippen LogP contribution < -0.4 is 5.32 Å². The summed E-state index contributed by atoms with van der Waals surface area (Å²) in [4.78, 5) is 12.4. The van der Waals surface area contributed by atoms with Crippen molar-refractivity contribution in [1.29, 1.82) is 0 Å². The second kappa shape index (κ2) is 6.10. The standard InChI is InChI=1S/C12H16BrN3O/c13-11-3-1-2-9(6-11)7-14-12(17)10-4-5-15-16-8-10/h4-5,8-9,11H,1-3,6-7H2,(H,14,17). The van der Waals surface area contributed by atoms with E-state index < -0.39 is 0 Å². The van der Waals surface area contributed by atoms with Crippen molar-refractivity contribution in [3.8, 4) is 0 Å². The van der Waals surface area contributed by atoms with E-state index in [1.165, 1.54) is 31.7 Å². The Hall–Kier alpha value is -0.970. The Kier molecular flexibility index (Phi) is 4.48. The number of hydrogen-bond donors (Lipinski definition) is 1. The Labute approximate surface area is 109 Å². The fraction of sp³-hybridized carbons (Fsp3) is 0.583. The molecule has 2 rings (SSSR count). The van der Waals surface area contributed by atoms with Crippen molar-refractivity contribution >= 4 is 21.8 Å². The lowest BCUT2D eigenvalue weighted by molar-refractivity contribution is 0.0943. The number of carbonyl (C=O) groups excluding carboxylic acids is 1. The zero-order valence-corrected chi connectivity index (χ0v) is 11.2. The number of amides is 1. The molecule has 0 radical (unpaired) electrons. The van der Waals surface area contributed by atoms with E-state index in [-0.39, 0.29) is 5.91 Å². The third-order valence-corrected chi connectivity index (χ3v) is 3.95. The number of nitrogens with one attached hydrogen (secondary N) is 1. The predicted octanol–water partition coefficient (Wildman–Crippen LogP) is 2.16. The number of halogens is 1. The molecule has 0 aliphatic heterocycles. The van der Waals surface area contributed by atoms with E-state index >= 15 is 0 Å². The van der Waals surface area contributed by atoms with Crippen LogP contribution in [-0.2, 0) is 0 Å². The molecule has 1 N–H and O–H groups in total. The average molecular weight is 298 g/mol. The van der Waals surface area contributed by atoms with Crippen LogP contribution in [0.3, 0.4) is 0 Å². The van der Waals surface area contributed by atoms with Crippen LogP contribution in [0.25, 0.3) is 0 Å². The zero-order chi connectivity index (χ0) is 12.1. The van der Waals surface area contributed by atoms with Gasteiger partial charge in [-0.2, -0.15) is 10.2 Å².